The van der Waals surface area contributed by atoms with Crippen molar-refractivity contribution in [1.82, 2.24) is 15.5 Å². The zero-order chi connectivity index (χ0) is 14.1. The van der Waals surface area contributed by atoms with Gasteiger partial charge in [-0.2, -0.15) is 5.10 Å². The van der Waals surface area contributed by atoms with E-state index in [1.54, 1.807) is 6.07 Å². The fourth-order valence-electron chi connectivity index (χ4n) is 2.24. The molecule has 1 aliphatic carbocycles. The first-order valence-electron chi connectivity index (χ1n) is 6.75. The second-order valence-electron chi connectivity index (χ2n) is 5.28. The molecule has 1 saturated carbocycles. The van der Waals surface area contributed by atoms with Crippen LogP contribution in [0.2, 0.25) is 0 Å². The van der Waals surface area contributed by atoms with Gasteiger partial charge >= 0.3 is 0 Å². The van der Waals surface area contributed by atoms with Crippen LogP contribution in [0.4, 0.5) is 0 Å². The molecule has 20 heavy (non-hydrogen) atoms. The number of carbonyl (C=O) groups is 1. The van der Waals surface area contributed by atoms with Gasteiger partial charge in [0.2, 0.25) is 0 Å². The van der Waals surface area contributed by atoms with Crippen LogP contribution in [0.1, 0.15) is 30.3 Å². The van der Waals surface area contributed by atoms with Crippen LogP contribution in [-0.4, -0.2) is 22.1 Å². The highest BCUT2D eigenvalue weighted by molar-refractivity contribution is 9.10. The molecule has 0 spiro atoms. The van der Waals surface area contributed by atoms with E-state index in [9.17, 15) is 4.79 Å². The maximum atomic E-state index is 12.1. The molecule has 1 unspecified atom stereocenters. The van der Waals surface area contributed by atoms with E-state index in [0.29, 0.717) is 11.6 Å². The predicted molar refractivity (Wildman–Crippen MR) is 81.4 cm³/mol. The summed E-state index contributed by atoms with van der Waals surface area (Å²) >= 11 is 3.44. The third-order valence-electron chi connectivity index (χ3n) is 3.63. The fourth-order valence-corrected chi connectivity index (χ4v) is 2.64. The Morgan fingerprint density at radius 1 is 1.45 bits per heavy atom. The van der Waals surface area contributed by atoms with E-state index in [1.807, 2.05) is 24.3 Å². The largest absolute Gasteiger partial charge is 0.348 e. The quantitative estimate of drug-likeness (QED) is 0.901. The zero-order valence-corrected chi connectivity index (χ0v) is 12.8. The molecule has 0 saturated heterocycles. The van der Waals surface area contributed by atoms with E-state index in [-0.39, 0.29) is 11.9 Å². The fraction of sp³-hybridized carbons (Fsp3) is 0.333. The number of nitrogens with zero attached hydrogens (tertiary/aromatic N) is 1. The van der Waals surface area contributed by atoms with Crippen LogP contribution in [0, 0.1) is 5.92 Å². The Hall–Kier alpha value is -1.62. The first kappa shape index (κ1) is 13.4. The van der Waals surface area contributed by atoms with Gasteiger partial charge in [-0.3, -0.25) is 9.89 Å². The van der Waals surface area contributed by atoms with Crippen LogP contribution < -0.4 is 5.32 Å². The molecule has 3 rings (SSSR count). The molecule has 1 atom stereocenters. The molecule has 1 amide bonds. The van der Waals surface area contributed by atoms with Crippen molar-refractivity contribution in [3.8, 4) is 11.3 Å². The van der Waals surface area contributed by atoms with Gasteiger partial charge in [0.15, 0.2) is 5.69 Å². The molecule has 5 heteroatoms. The standard InChI is InChI=1S/C15H16BrN3O/c1-9(10-5-6-10)17-15(20)14-8-13(18-19-14)11-3-2-4-12(16)7-11/h2-4,7-10H,5-6H2,1H3,(H,17,20)(H,18,19). The van der Waals surface area contributed by atoms with Crippen molar-refractivity contribution >= 4 is 21.8 Å². The second kappa shape index (κ2) is 5.40. The van der Waals surface area contributed by atoms with Crippen molar-refractivity contribution in [3.05, 3.63) is 40.5 Å². The number of H-pyrrole nitrogens is 1. The number of halogens is 1. The minimum absolute atomic E-state index is 0.109. The average molecular weight is 334 g/mol. The van der Waals surface area contributed by atoms with Crippen molar-refractivity contribution in [2.75, 3.05) is 0 Å². The number of rotatable bonds is 4. The van der Waals surface area contributed by atoms with E-state index >= 15 is 0 Å². The summed E-state index contributed by atoms with van der Waals surface area (Å²) < 4.78 is 0.998. The van der Waals surface area contributed by atoms with E-state index in [2.05, 4.69) is 38.4 Å². The first-order valence-corrected chi connectivity index (χ1v) is 7.55. The van der Waals surface area contributed by atoms with Gasteiger partial charge in [-0.1, -0.05) is 28.1 Å². The van der Waals surface area contributed by atoms with Gasteiger partial charge in [0, 0.05) is 16.1 Å². The maximum absolute atomic E-state index is 12.1. The summed E-state index contributed by atoms with van der Waals surface area (Å²) in [6.45, 7) is 2.05. The summed E-state index contributed by atoms with van der Waals surface area (Å²) in [7, 11) is 0. The van der Waals surface area contributed by atoms with Crippen LogP contribution in [0.5, 0.6) is 0 Å². The number of benzene rings is 1. The Morgan fingerprint density at radius 3 is 2.95 bits per heavy atom. The van der Waals surface area contributed by atoms with Gasteiger partial charge in [-0.05, 0) is 43.9 Å². The number of nitrogens with one attached hydrogen (secondary N) is 2. The molecule has 4 nitrogen and oxygen atoms in total. The maximum Gasteiger partial charge on any atom is 0.272 e. The number of hydrogen-bond acceptors (Lipinski definition) is 2. The summed E-state index contributed by atoms with van der Waals surface area (Å²) in [5, 5.41) is 10.0. The highest BCUT2D eigenvalue weighted by atomic mass is 79.9. The summed E-state index contributed by atoms with van der Waals surface area (Å²) in [6, 6.07) is 9.90. The van der Waals surface area contributed by atoms with Gasteiger partial charge in [0.25, 0.3) is 5.91 Å². The molecule has 1 heterocycles. The summed E-state index contributed by atoms with van der Waals surface area (Å²) in [5.74, 6) is 0.532. The lowest BCUT2D eigenvalue weighted by Gasteiger charge is -2.10. The number of amides is 1. The molecular weight excluding hydrogens is 318 g/mol. The summed E-state index contributed by atoms with van der Waals surface area (Å²) in [6.07, 6.45) is 2.43. The monoisotopic (exact) mass is 333 g/mol. The van der Waals surface area contributed by atoms with Crippen molar-refractivity contribution in [3.63, 3.8) is 0 Å². The number of hydrogen-bond donors (Lipinski definition) is 2. The molecule has 2 N–H and O–H groups in total. The molecular formula is C15H16BrN3O. The van der Waals surface area contributed by atoms with Gasteiger partial charge < -0.3 is 5.32 Å². The van der Waals surface area contributed by atoms with E-state index in [4.69, 9.17) is 0 Å². The molecule has 1 fully saturated rings. The molecule has 0 bridgehead atoms. The Kier molecular flexibility index (Phi) is 3.61. The highest BCUT2D eigenvalue weighted by Crippen LogP contribution is 2.32. The first-order chi connectivity index (χ1) is 9.63. The third kappa shape index (κ3) is 2.93. The Labute approximate surface area is 126 Å². The molecule has 1 aromatic heterocycles. The lowest BCUT2D eigenvalue weighted by atomic mass is 10.1. The Bertz CT molecular complexity index is 634. The van der Waals surface area contributed by atoms with Crippen LogP contribution in [0.15, 0.2) is 34.8 Å². The highest BCUT2D eigenvalue weighted by Gasteiger charge is 2.29. The van der Waals surface area contributed by atoms with Crippen LogP contribution in [-0.2, 0) is 0 Å². The molecule has 1 aliphatic rings. The second-order valence-corrected chi connectivity index (χ2v) is 6.19. The lowest BCUT2D eigenvalue weighted by molar-refractivity contribution is 0.0931. The summed E-state index contributed by atoms with van der Waals surface area (Å²) in [5.41, 5.74) is 2.28. The van der Waals surface area contributed by atoms with Crippen molar-refractivity contribution in [1.29, 1.82) is 0 Å². The average Bonchev–Trinajstić information content (AvgIpc) is 3.16. The molecule has 1 aromatic carbocycles. The number of aromatic amines is 1. The summed E-state index contributed by atoms with van der Waals surface area (Å²) in [4.78, 5) is 12.1. The van der Waals surface area contributed by atoms with Gasteiger partial charge in [0.1, 0.15) is 0 Å². The van der Waals surface area contributed by atoms with Crippen LogP contribution in [0.3, 0.4) is 0 Å². The number of aromatic nitrogens is 2. The Balaban J connectivity index is 1.74. The van der Waals surface area contributed by atoms with Crippen LogP contribution >= 0.6 is 15.9 Å². The van der Waals surface area contributed by atoms with Gasteiger partial charge in [0.05, 0.1) is 5.69 Å². The molecule has 104 valence electrons. The Morgan fingerprint density at radius 2 is 2.25 bits per heavy atom. The van der Waals surface area contributed by atoms with Crippen LogP contribution in [0.25, 0.3) is 11.3 Å². The minimum atomic E-state index is -0.109. The molecule has 0 radical (unpaired) electrons. The smallest absolute Gasteiger partial charge is 0.272 e. The predicted octanol–water partition coefficient (Wildman–Crippen LogP) is 3.37. The normalized spacial score (nSPS) is 15.9. The minimum Gasteiger partial charge on any atom is -0.348 e. The van der Waals surface area contributed by atoms with Crippen molar-refractivity contribution in [2.24, 2.45) is 5.92 Å². The van der Waals surface area contributed by atoms with E-state index in [0.717, 1.165) is 15.7 Å². The van der Waals surface area contributed by atoms with Crippen molar-refractivity contribution in [2.45, 2.75) is 25.8 Å². The number of carbonyl (C=O) groups excluding carboxylic acids is 1. The third-order valence-corrected chi connectivity index (χ3v) is 4.13. The van der Waals surface area contributed by atoms with Gasteiger partial charge in [-0.25, -0.2) is 0 Å². The lowest BCUT2D eigenvalue weighted by Crippen LogP contribution is -2.34. The molecule has 2 aromatic rings. The van der Waals surface area contributed by atoms with E-state index in [1.165, 1.54) is 12.8 Å². The topological polar surface area (TPSA) is 57.8 Å². The van der Waals surface area contributed by atoms with E-state index < -0.39 is 0 Å². The SMILES string of the molecule is CC(NC(=O)c1cc(-c2cccc(Br)c2)[nH]n1)C1CC1. The molecule has 0 aliphatic heterocycles. The van der Waals surface area contributed by atoms with Gasteiger partial charge in [-0.15, -0.1) is 0 Å². The van der Waals surface area contributed by atoms with Crippen molar-refractivity contribution < 1.29 is 4.79 Å². The zero-order valence-electron chi connectivity index (χ0n) is 11.2.